The molecule has 1 aliphatic carbocycles. The zero-order valence-corrected chi connectivity index (χ0v) is 13.2. The minimum absolute atomic E-state index is 0.169. The molecule has 23 heavy (non-hydrogen) atoms. The van der Waals surface area contributed by atoms with Crippen LogP contribution in [0.25, 0.3) is 11.3 Å². The van der Waals surface area contributed by atoms with Crippen LogP contribution < -0.4 is 5.32 Å². The largest absolute Gasteiger partial charge is 0.451 e. The molecule has 3 atom stereocenters. The number of halogens is 1. The van der Waals surface area contributed by atoms with Crippen LogP contribution in [0.2, 0.25) is 5.02 Å². The Morgan fingerprint density at radius 3 is 2.61 bits per heavy atom. The van der Waals surface area contributed by atoms with Gasteiger partial charge in [-0.25, -0.2) is 0 Å². The summed E-state index contributed by atoms with van der Waals surface area (Å²) in [5.74, 6) is 0.335. The Morgan fingerprint density at radius 2 is 1.87 bits per heavy atom. The highest BCUT2D eigenvalue weighted by atomic mass is 35.5. The van der Waals surface area contributed by atoms with Gasteiger partial charge in [-0.3, -0.25) is 4.79 Å². The van der Waals surface area contributed by atoms with Crippen molar-refractivity contribution in [2.24, 2.45) is 0 Å². The molecule has 1 heterocycles. The number of hydrogen-bond acceptors (Lipinski definition) is 4. The van der Waals surface area contributed by atoms with Crippen LogP contribution in [0.5, 0.6) is 0 Å². The molecular weight excluding hydrogens is 318 g/mol. The van der Waals surface area contributed by atoms with Gasteiger partial charge in [0.15, 0.2) is 5.76 Å². The van der Waals surface area contributed by atoms with Crippen LogP contribution in [-0.4, -0.2) is 34.4 Å². The Kier molecular flexibility index (Phi) is 4.71. The van der Waals surface area contributed by atoms with Crippen molar-refractivity contribution in [2.45, 2.75) is 37.5 Å². The zero-order valence-electron chi connectivity index (χ0n) is 12.4. The summed E-state index contributed by atoms with van der Waals surface area (Å²) in [4.78, 5) is 12.2. The normalized spacial score (nSPS) is 24.4. The molecule has 122 valence electrons. The van der Waals surface area contributed by atoms with Gasteiger partial charge in [-0.05, 0) is 55.7 Å². The van der Waals surface area contributed by atoms with Gasteiger partial charge in [0.25, 0.3) is 5.91 Å². The molecule has 3 rings (SSSR count). The van der Waals surface area contributed by atoms with Crippen molar-refractivity contribution in [3.63, 3.8) is 0 Å². The van der Waals surface area contributed by atoms with E-state index in [9.17, 15) is 15.0 Å². The standard InChI is InChI=1S/C17H18ClNO4/c18-11-6-4-10(5-7-11)14-8-9-15(23-14)17(22)19-12-2-1-3-13(20)16(12)21/h4-9,12-13,16,20-21H,1-3H2,(H,19,22)/t12-,13-,16-/m1/s1. The third-order valence-electron chi connectivity index (χ3n) is 4.10. The van der Waals surface area contributed by atoms with Gasteiger partial charge < -0.3 is 19.9 Å². The quantitative estimate of drug-likeness (QED) is 0.805. The van der Waals surface area contributed by atoms with Crippen LogP contribution in [0.3, 0.4) is 0 Å². The van der Waals surface area contributed by atoms with Crippen LogP contribution in [-0.2, 0) is 0 Å². The van der Waals surface area contributed by atoms with Crippen LogP contribution in [0, 0.1) is 0 Å². The lowest BCUT2D eigenvalue weighted by molar-refractivity contribution is -0.0279. The first-order chi connectivity index (χ1) is 11.0. The number of furan rings is 1. The number of hydrogen-bond donors (Lipinski definition) is 3. The minimum Gasteiger partial charge on any atom is -0.451 e. The first-order valence-electron chi connectivity index (χ1n) is 7.57. The van der Waals surface area contributed by atoms with Crippen LogP contribution >= 0.6 is 11.6 Å². The molecule has 0 aliphatic heterocycles. The molecule has 1 saturated carbocycles. The van der Waals surface area contributed by atoms with Gasteiger partial charge in [0.2, 0.25) is 0 Å². The Labute approximate surface area is 138 Å². The lowest BCUT2D eigenvalue weighted by atomic mass is 9.90. The van der Waals surface area contributed by atoms with Crippen molar-refractivity contribution in [3.8, 4) is 11.3 Å². The SMILES string of the molecule is O=C(N[C@@H]1CCC[C@@H](O)[C@@H]1O)c1ccc(-c2ccc(Cl)cc2)o1. The first kappa shape index (κ1) is 16.1. The summed E-state index contributed by atoms with van der Waals surface area (Å²) in [7, 11) is 0. The fourth-order valence-electron chi connectivity index (χ4n) is 2.78. The molecule has 5 nitrogen and oxygen atoms in total. The van der Waals surface area contributed by atoms with Gasteiger partial charge >= 0.3 is 0 Å². The summed E-state index contributed by atoms with van der Waals surface area (Å²) in [5.41, 5.74) is 0.821. The summed E-state index contributed by atoms with van der Waals surface area (Å²) in [6, 6.07) is 9.96. The predicted molar refractivity (Wildman–Crippen MR) is 86.3 cm³/mol. The van der Waals surface area contributed by atoms with Crippen LogP contribution in [0.4, 0.5) is 0 Å². The Hall–Kier alpha value is -1.82. The van der Waals surface area contributed by atoms with E-state index in [1.54, 1.807) is 24.3 Å². The molecule has 0 unspecified atom stereocenters. The molecule has 1 aromatic heterocycles. The molecule has 2 aromatic rings. The lowest BCUT2D eigenvalue weighted by Gasteiger charge is -2.31. The first-order valence-corrected chi connectivity index (χ1v) is 7.95. The summed E-state index contributed by atoms with van der Waals surface area (Å²) >= 11 is 5.85. The zero-order chi connectivity index (χ0) is 16.4. The molecule has 0 spiro atoms. The summed E-state index contributed by atoms with van der Waals surface area (Å²) < 4.78 is 5.58. The van der Waals surface area contributed by atoms with Crippen molar-refractivity contribution in [3.05, 3.63) is 47.2 Å². The number of nitrogens with one attached hydrogen (secondary N) is 1. The molecule has 0 saturated heterocycles. The number of carbonyl (C=O) groups is 1. The van der Waals surface area contributed by atoms with E-state index in [1.807, 2.05) is 12.1 Å². The fourth-order valence-corrected chi connectivity index (χ4v) is 2.91. The highest BCUT2D eigenvalue weighted by molar-refractivity contribution is 6.30. The Bertz CT molecular complexity index is 682. The maximum Gasteiger partial charge on any atom is 0.287 e. The molecule has 6 heteroatoms. The highest BCUT2D eigenvalue weighted by Gasteiger charge is 2.32. The maximum atomic E-state index is 12.2. The number of aliphatic hydroxyl groups excluding tert-OH is 2. The molecule has 0 bridgehead atoms. The van der Waals surface area contributed by atoms with Crippen LogP contribution in [0.15, 0.2) is 40.8 Å². The van der Waals surface area contributed by atoms with Crippen LogP contribution in [0.1, 0.15) is 29.8 Å². The number of benzene rings is 1. The number of aliphatic hydroxyl groups is 2. The number of amides is 1. The minimum atomic E-state index is -0.946. The summed E-state index contributed by atoms with van der Waals surface area (Å²) in [6.07, 6.45) is 0.204. The fraction of sp³-hybridized carbons (Fsp3) is 0.353. The predicted octanol–water partition coefficient (Wildman–Crippen LogP) is 2.60. The maximum absolute atomic E-state index is 12.2. The Balaban J connectivity index is 1.70. The molecule has 3 N–H and O–H groups in total. The van der Waals surface area contributed by atoms with Gasteiger partial charge in [0.05, 0.1) is 12.1 Å². The second kappa shape index (κ2) is 6.74. The second-order valence-electron chi connectivity index (χ2n) is 5.74. The second-order valence-corrected chi connectivity index (χ2v) is 6.18. The van der Waals surface area contributed by atoms with Crippen molar-refractivity contribution >= 4 is 17.5 Å². The highest BCUT2D eigenvalue weighted by Crippen LogP contribution is 2.24. The van der Waals surface area contributed by atoms with Crippen molar-refractivity contribution in [1.82, 2.24) is 5.32 Å². The van der Waals surface area contributed by atoms with E-state index >= 15 is 0 Å². The van der Waals surface area contributed by atoms with Crippen molar-refractivity contribution in [2.75, 3.05) is 0 Å². The van der Waals surface area contributed by atoms with E-state index in [-0.39, 0.29) is 5.76 Å². The van der Waals surface area contributed by atoms with Gasteiger partial charge in [-0.2, -0.15) is 0 Å². The van der Waals surface area contributed by atoms with Gasteiger partial charge in [0, 0.05) is 10.6 Å². The third-order valence-corrected chi connectivity index (χ3v) is 4.35. The summed E-state index contributed by atoms with van der Waals surface area (Å²) in [5, 5.41) is 23.0. The average molecular weight is 336 g/mol. The molecular formula is C17H18ClNO4. The average Bonchev–Trinajstić information content (AvgIpc) is 3.02. The topological polar surface area (TPSA) is 82.7 Å². The molecule has 1 fully saturated rings. The van der Waals surface area contributed by atoms with Crippen molar-refractivity contribution in [1.29, 1.82) is 0 Å². The molecule has 1 aliphatic rings. The van der Waals surface area contributed by atoms with E-state index in [0.717, 1.165) is 12.0 Å². The molecule has 0 radical (unpaired) electrons. The van der Waals surface area contributed by atoms with Gasteiger partial charge in [-0.1, -0.05) is 11.6 Å². The van der Waals surface area contributed by atoms with E-state index in [4.69, 9.17) is 16.0 Å². The molecule has 1 amide bonds. The van der Waals surface area contributed by atoms with E-state index in [2.05, 4.69) is 5.32 Å². The monoisotopic (exact) mass is 335 g/mol. The van der Waals surface area contributed by atoms with Gasteiger partial charge in [-0.15, -0.1) is 0 Å². The van der Waals surface area contributed by atoms with Crippen molar-refractivity contribution < 1.29 is 19.4 Å². The van der Waals surface area contributed by atoms with E-state index in [1.165, 1.54) is 0 Å². The van der Waals surface area contributed by atoms with E-state index < -0.39 is 24.2 Å². The Morgan fingerprint density at radius 1 is 1.13 bits per heavy atom. The lowest BCUT2D eigenvalue weighted by Crippen LogP contribution is -2.50. The number of rotatable bonds is 3. The molecule has 1 aromatic carbocycles. The summed E-state index contributed by atoms with van der Waals surface area (Å²) in [6.45, 7) is 0. The smallest absolute Gasteiger partial charge is 0.287 e. The van der Waals surface area contributed by atoms with Gasteiger partial charge in [0.1, 0.15) is 11.9 Å². The van der Waals surface area contributed by atoms with E-state index in [0.29, 0.717) is 23.6 Å². The third kappa shape index (κ3) is 3.58. The number of carbonyl (C=O) groups excluding carboxylic acids is 1.